The predicted octanol–water partition coefficient (Wildman–Crippen LogP) is 3.49. The van der Waals surface area contributed by atoms with Crippen LogP contribution < -0.4 is 15.0 Å². The molecule has 0 fully saturated rings. The van der Waals surface area contributed by atoms with Crippen LogP contribution in [-0.4, -0.2) is 19.6 Å². The minimum Gasteiger partial charge on any atom is -0.495 e. The fourth-order valence-corrected chi connectivity index (χ4v) is 2.95. The Morgan fingerprint density at radius 1 is 1.24 bits per heavy atom. The number of para-hydroxylation sites is 3. The van der Waals surface area contributed by atoms with Gasteiger partial charge in [-0.1, -0.05) is 30.3 Å². The van der Waals surface area contributed by atoms with Gasteiger partial charge in [0.1, 0.15) is 17.4 Å². The highest BCUT2D eigenvalue weighted by molar-refractivity contribution is 6.09. The molecule has 25 heavy (non-hydrogen) atoms. The lowest BCUT2D eigenvalue weighted by Crippen LogP contribution is -2.36. The summed E-state index contributed by atoms with van der Waals surface area (Å²) in [5.41, 5.74) is 2.78. The zero-order valence-corrected chi connectivity index (χ0v) is 14.0. The number of ether oxygens (including phenoxy) is 1. The average Bonchev–Trinajstić information content (AvgIpc) is 2.68. The van der Waals surface area contributed by atoms with E-state index in [1.54, 1.807) is 12.0 Å². The monoisotopic (exact) mass is 333 g/mol. The van der Waals surface area contributed by atoms with E-state index in [0.717, 1.165) is 24.1 Å². The van der Waals surface area contributed by atoms with Crippen molar-refractivity contribution in [1.29, 1.82) is 5.26 Å². The summed E-state index contributed by atoms with van der Waals surface area (Å²) in [6.07, 6.45) is 3.28. The number of hydrogen-bond acceptors (Lipinski definition) is 4. The van der Waals surface area contributed by atoms with Crippen molar-refractivity contribution in [1.82, 2.24) is 0 Å². The smallest absolute Gasteiger partial charge is 0.270 e. The fourth-order valence-electron chi connectivity index (χ4n) is 2.95. The topological polar surface area (TPSA) is 65.4 Å². The molecule has 2 aromatic rings. The van der Waals surface area contributed by atoms with Gasteiger partial charge >= 0.3 is 0 Å². The molecule has 126 valence electrons. The highest BCUT2D eigenvalue weighted by Crippen LogP contribution is 2.28. The molecule has 0 unspecified atom stereocenters. The third-order valence-corrected chi connectivity index (χ3v) is 4.19. The summed E-state index contributed by atoms with van der Waals surface area (Å²) in [5, 5.41) is 12.4. The molecule has 1 aliphatic heterocycles. The number of carbonyl (C=O) groups excluding carboxylic acids is 1. The Morgan fingerprint density at radius 2 is 2.00 bits per heavy atom. The summed E-state index contributed by atoms with van der Waals surface area (Å²) in [4.78, 5) is 14.5. The van der Waals surface area contributed by atoms with Crippen LogP contribution >= 0.6 is 0 Å². The van der Waals surface area contributed by atoms with Crippen molar-refractivity contribution in [3.63, 3.8) is 0 Å². The number of anilines is 2. The van der Waals surface area contributed by atoms with Crippen LogP contribution in [0.5, 0.6) is 5.75 Å². The first-order chi connectivity index (χ1) is 12.2. The predicted molar refractivity (Wildman–Crippen MR) is 97.4 cm³/mol. The van der Waals surface area contributed by atoms with Crippen LogP contribution in [-0.2, 0) is 11.2 Å². The second-order valence-electron chi connectivity index (χ2n) is 5.70. The molecule has 1 N–H and O–H groups in total. The van der Waals surface area contributed by atoms with Crippen LogP contribution in [0.2, 0.25) is 0 Å². The Hall–Kier alpha value is -3.26. The first kappa shape index (κ1) is 16.6. The van der Waals surface area contributed by atoms with E-state index in [4.69, 9.17) is 4.74 Å². The fraction of sp³-hybridized carbons (Fsp3) is 0.200. The maximum Gasteiger partial charge on any atom is 0.270 e. The Labute approximate surface area is 147 Å². The Kier molecular flexibility index (Phi) is 5.00. The van der Waals surface area contributed by atoms with Gasteiger partial charge in [0.2, 0.25) is 0 Å². The van der Waals surface area contributed by atoms with E-state index in [-0.39, 0.29) is 11.5 Å². The van der Waals surface area contributed by atoms with Crippen LogP contribution in [0.25, 0.3) is 0 Å². The number of hydrogen-bond donors (Lipinski definition) is 1. The van der Waals surface area contributed by atoms with Crippen molar-refractivity contribution in [3.05, 3.63) is 65.9 Å². The summed E-state index contributed by atoms with van der Waals surface area (Å²) in [7, 11) is 1.57. The van der Waals surface area contributed by atoms with Crippen molar-refractivity contribution in [3.8, 4) is 11.8 Å². The van der Waals surface area contributed by atoms with E-state index in [9.17, 15) is 10.1 Å². The molecule has 1 amide bonds. The van der Waals surface area contributed by atoms with Crippen molar-refractivity contribution < 1.29 is 9.53 Å². The molecular formula is C20H19N3O2. The number of rotatable bonds is 4. The van der Waals surface area contributed by atoms with Gasteiger partial charge in [-0.2, -0.15) is 5.26 Å². The van der Waals surface area contributed by atoms with Crippen molar-refractivity contribution in [2.75, 3.05) is 23.9 Å². The minimum atomic E-state index is -0.294. The number of aryl methyl sites for hydroxylation is 1. The third-order valence-electron chi connectivity index (χ3n) is 4.19. The molecule has 1 aliphatic rings. The number of nitriles is 1. The molecular weight excluding hydrogens is 314 g/mol. The summed E-state index contributed by atoms with van der Waals surface area (Å²) in [5.74, 6) is 0.351. The Morgan fingerprint density at radius 3 is 2.80 bits per heavy atom. The van der Waals surface area contributed by atoms with Crippen LogP contribution in [0.4, 0.5) is 11.4 Å². The molecule has 5 nitrogen and oxygen atoms in total. The van der Waals surface area contributed by atoms with Gasteiger partial charge in [-0.25, -0.2) is 0 Å². The van der Waals surface area contributed by atoms with E-state index in [1.165, 1.54) is 6.20 Å². The maximum atomic E-state index is 12.8. The molecule has 0 bridgehead atoms. The van der Waals surface area contributed by atoms with Crippen LogP contribution in [0.3, 0.4) is 0 Å². The van der Waals surface area contributed by atoms with Gasteiger partial charge in [0.05, 0.1) is 12.8 Å². The van der Waals surface area contributed by atoms with Crippen LogP contribution in [0.1, 0.15) is 12.0 Å². The zero-order chi connectivity index (χ0) is 17.6. The number of benzene rings is 2. The molecule has 3 rings (SSSR count). The minimum absolute atomic E-state index is 0.0580. The van der Waals surface area contributed by atoms with E-state index in [1.807, 2.05) is 54.6 Å². The molecule has 2 aromatic carbocycles. The van der Waals surface area contributed by atoms with Gasteiger partial charge in [-0.3, -0.25) is 4.79 Å². The summed E-state index contributed by atoms with van der Waals surface area (Å²) < 4.78 is 5.26. The van der Waals surface area contributed by atoms with Gasteiger partial charge in [0.25, 0.3) is 5.91 Å². The lowest BCUT2D eigenvalue weighted by molar-refractivity contribution is -0.114. The van der Waals surface area contributed by atoms with Crippen LogP contribution in [0, 0.1) is 11.3 Å². The second kappa shape index (κ2) is 7.54. The van der Waals surface area contributed by atoms with E-state index >= 15 is 0 Å². The van der Waals surface area contributed by atoms with Gasteiger partial charge in [-0.05, 0) is 36.6 Å². The quantitative estimate of drug-likeness (QED) is 0.687. The molecule has 0 radical (unpaired) electrons. The Balaban J connectivity index is 1.84. The standard InChI is InChI=1S/C20H19N3O2/c1-25-19-11-5-3-9-17(19)22-14-16(13-21)20(24)23-12-6-8-15-7-2-4-10-18(15)23/h2-5,7,9-11,14,22H,6,8,12H2,1H3/b16-14-. The van der Waals surface area contributed by atoms with Crippen molar-refractivity contribution in [2.45, 2.75) is 12.8 Å². The molecule has 0 aromatic heterocycles. The molecule has 1 heterocycles. The summed E-state index contributed by atoms with van der Waals surface area (Å²) in [6, 6.07) is 17.2. The lowest BCUT2D eigenvalue weighted by Gasteiger charge is -2.29. The molecule has 0 saturated heterocycles. The van der Waals surface area contributed by atoms with Gasteiger partial charge < -0.3 is 15.0 Å². The highest BCUT2D eigenvalue weighted by atomic mass is 16.5. The molecule has 0 spiro atoms. The highest BCUT2D eigenvalue weighted by Gasteiger charge is 2.24. The molecule has 0 saturated carbocycles. The second-order valence-corrected chi connectivity index (χ2v) is 5.70. The third kappa shape index (κ3) is 3.48. The normalized spacial score (nSPS) is 13.6. The maximum absolute atomic E-state index is 12.8. The molecule has 5 heteroatoms. The lowest BCUT2D eigenvalue weighted by atomic mass is 10.0. The zero-order valence-electron chi connectivity index (χ0n) is 14.0. The van der Waals surface area contributed by atoms with Gasteiger partial charge in [-0.15, -0.1) is 0 Å². The Bertz CT molecular complexity index is 852. The SMILES string of the molecule is COc1ccccc1N/C=C(/C#N)C(=O)N1CCCc2ccccc21. The largest absolute Gasteiger partial charge is 0.495 e. The van der Waals surface area contributed by atoms with Gasteiger partial charge in [0.15, 0.2) is 0 Å². The number of nitrogens with zero attached hydrogens (tertiary/aromatic N) is 2. The van der Waals surface area contributed by atoms with Crippen molar-refractivity contribution in [2.24, 2.45) is 0 Å². The van der Waals surface area contributed by atoms with E-state index < -0.39 is 0 Å². The first-order valence-electron chi connectivity index (χ1n) is 8.14. The van der Waals surface area contributed by atoms with Gasteiger partial charge in [0, 0.05) is 18.4 Å². The number of carbonyl (C=O) groups is 1. The molecule has 0 atom stereocenters. The molecule has 0 aliphatic carbocycles. The van der Waals surface area contributed by atoms with E-state index in [0.29, 0.717) is 18.0 Å². The first-order valence-corrected chi connectivity index (χ1v) is 8.14. The van der Waals surface area contributed by atoms with Crippen molar-refractivity contribution >= 4 is 17.3 Å². The average molecular weight is 333 g/mol. The number of fused-ring (bicyclic) bond motifs is 1. The number of amides is 1. The number of methoxy groups -OCH3 is 1. The summed E-state index contributed by atoms with van der Waals surface area (Å²) in [6.45, 7) is 0.615. The summed E-state index contributed by atoms with van der Waals surface area (Å²) >= 11 is 0. The van der Waals surface area contributed by atoms with E-state index in [2.05, 4.69) is 5.32 Å². The van der Waals surface area contributed by atoms with Crippen LogP contribution in [0.15, 0.2) is 60.3 Å². The number of nitrogens with one attached hydrogen (secondary N) is 1.